The summed E-state index contributed by atoms with van der Waals surface area (Å²) < 4.78 is 0. The molecule has 0 spiro atoms. The SMILES string of the molecule is Cl.Cl.Oc1c(CNCCCCCCCCCNc2c3c(nc4ccccc24)CCCC3)cc(Cl)c2cccnc12. The fourth-order valence-corrected chi connectivity index (χ4v) is 5.93. The van der Waals surface area contributed by atoms with E-state index in [0.717, 1.165) is 48.8 Å². The molecule has 0 amide bonds. The molecule has 5 rings (SSSR count). The Bertz CT molecular complexity index is 1380. The molecule has 40 heavy (non-hydrogen) atoms. The first-order chi connectivity index (χ1) is 18.7. The van der Waals surface area contributed by atoms with E-state index < -0.39 is 0 Å². The van der Waals surface area contributed by atoms with Crippen molar-refractivity contribution in [3.8, 4) is 5.75 Å². The predicted octanol–water partition coefficient (Wildman–Crippen LogP) is 8.80. The Morgan fingerprint density at radius 2 is 1.52 bits per heavy atom. The summed E-state index contributed by atoms with van der Waals surface area (Å²) in [5.41, 5.74) is 6.60. The fraction of sp³-hybridized carbons (Fsp3) is 0.438. The maximum Gasteiger partial charge on any atom is 0.146 e. The number of fused-ring (bicyclic) bond motifs is 3. The summed E-state index contributed by atoms with van der Waals surface area (Å²) in [5.74, 6) is 0.226. The number of phenols is 1. The number of aromatic hydroxyl groups is 1. The van der Waals surface area contributed by atoms with Gasteiger partial charge in [0, 0.05) is 47.0 Å². The van der Waals surface area contributed by atoms with Gasteiger partial charge < -0.3 is 15.7 Å². The summed E-state index contributed by atoms with van der Waals surface area (Å²) in [6.45, 7) is 2.57. The van der Waals surface area contributed by atoms with E-state index in [0.29, 0.717) is 17.1 Å². The first-order valence-corrected chi connectivity index (χ1v) is 14.7. The number of hydrogen-bond acceptors (Lipinski definition) is 5. The van der Waals surface area contributed by atoms with Crippen molar-refractivity contribution in [2.45, 2.75) is 77.2 Å². The van der Waals surface area contributed by atoms with Crippen LogP contribution in [0.25, 0.3) is 21.8 Å². The zero-order valence-corrected chi connectivity index (χ0v) is 25.4. The average Bonchev–Trinajstić information content (AvgIpc) is 2.95. The molecule has 8 heteroatoms. The van der Waals surface area contributed by atoms with E-state index >= 15 is 0 Å². The van der Waals surface area contributed by atoms with E-state index in [2.05, 4.69) is 39.9 Å². The Kier molecular flexibility index (Phi) is 13.1. The van der Waals surface area contributed by atoms with Crippen LogP contribution in [0.3, 0.4) is 0 Å². The lowest BCUT2D eigenvalue weighted by atomic mass is 9.92. The van der Waals surface area contributed by atoms with Gasteiger partial charge >= 0.3 is 0 Å². The van der Waals surface area contributed by atoms with Crippen LogP contribution < -0.4 is 10.6 Å². The molecule has 0 aliphatic heterocycles. The van der Waals surface area contributed by atoms with Gasteiger partial charge in [-0.2, -0.15) is 0 Å². The molecular weight excluding hydrogens is 563 g/mol. The maximum absolute atomic E-state index is 10.5. The summed E-state index contributed by atoms with van der Waals surface area (Å²) in [5, 5.41) is 20.5. The number of aryl methyl sites for hydroxylation is 1. The second-order valence-electron chi connectivity index (χ2n) is 10.5. The molecule has 0 unspecified atom stereocenters. The smallest absolute Gasteiger partial charge is 0.146 e. The molecule has 216 valence electrons. The van der Waals surface area contributed by atoms with E-state index in [-0.39, 0.29) is 30.6 Å². The first-order valence-electron chi connectivity index (χ1n) is 14.3. The van der Waals surface area contributed by atoms with Crippen LogP contribution in [0.5, 0.6) is 5.75 Å². The highest BCUT2D eigenvalue weighted by Crippen LogP contribution is 2.34. The molecule has 4 aromatic rings. The molecule has 0 atom stereocenters. The lowest BCUT2D eigenvalue weighted by Gasteiger charge is -2.21. The molecule has 2 aromatic carbocycles. The predicted molar refractivity (Wildman–Crippen MR) is 174 cm³/mol. The lowest BCUT2D eigenvalue weighted by molar-refractivity contribution is 0.468. The van der Waals surface area contributed by atoms with Crippen molar-refractivity contribution < 1.29 is 5.11 Å². The van der Waals surface area contributed by atoms with Gasteiger partial charge in [0.25, 0.3) is 0 Å². The third-order valence-corrected chi connectivity index (χ3v) is 8.02. The fourth-order valence-electron chi connectivity index (χ4n) is 5.64. The summed E-state index contributed by atoms with van der Waals surface area (Å²) in [7, 11) is 0. The van der Waals surface area contributed by atoms with Gasteiger partial charge in [-0.15, -0.1) is 24.8 Å². The van der Waals surface area contributed by atoms with Gasteiger partial charge in [-0.05, 0) is 74.9 Å². The van der Waals surface area contributed by atoms with Crippen molar-refractivity contribution in [1.82, 2.24) is 15.3 Å². The number of halogens is 3. The van der Waals surface area contributed by atoms with E-state index in [1.165, 1.54) is 73.7 Å². The Labute approximate surface area is 255 Å². The quantitative estimate of drug-likeness (QED) is 0.133. The van der Waals surface area contributed by atoms with Crippen LogP contribution in [0.15, 0.2) is 48.7 Å². The van der Waals surface area contributed by atoms with E-state index in [4.69, 9.17) is 16.6 Å². The molecule has 0 fully saturated rings. The number of benzene rings is 2. The summed E-state index contributed by atoms with van der Waals surface area (Å²) in [6.07, 6.45) is 15.2. The lowest BCUT2D eigenvalue weighted by Crippen LogP contribution is -2.14. The second kappa shape index (κ2) is 16.2. The molecule has 0 saturated heterocycles. The van der Waals surface area contributed by atoms with Gasteiger partial charge in [-0.25, -0.2) is 0 Å². The van der Waals surface area contributed by atoms with Gasteiger partial charge in [0.1, 0.15) is 11.3 Å². The average molecular weight is 604 g/mol. The number of pyridine rings is 2. The van der Waals surface area contributed by atoms with E-state index in [9.17, 15) is 5.11 Å². The number of unbranched alkanes of at least 4 members (excludes halogenated alkanes) is 6. The molecule has 0 radical (unpaired) electrons. The van der Waals surface area contributed by atoms with Gasteiger partial charge in [0.05, 0.1) is 10.5 Å². The van der Waals surface area contributed by atoms with Crippen molar-refractivity contribution >= 4 is 63.9 Å². The van der Waals surface area contributed by atoms with Crippen LogP contribution >= 0.6 is 36.4 Å². The number of anilines is 1. The van der Waals surface area contributed by atoms with E-state index in [1.54, 1.807) is 6.20 Å². The van der Waals surface area contributed by atoms with Crippen molar-refractivity contribution in [1.29, 1.82) is 0 Å². The van der Waals surface area contributed by atoms with Crippen molar-refractivity contribution in [3.63, 3.8) is 0 Å². The highest BCUT2D eigenvalue weighted by atomic mass is 35.5. The van der Waals surface area contributed by atoms with Crippen LogP contribution in [0.4, 0.5) is 5.69 Å². The Morgan fingerprint density at radius 1 is 0.825 bits per heavy atom. The minimum absolute atomic E-state index is 0. The molecule has 2 aromatic heterocycles. The standard InChI is InChI=1S/C32H39ClN4O.2ClH/c33-27-21-23(32(38)31-24(27)15-12-20-36-31)22-34-18-10-4-2-1-3-5-11-19-35-30-25-13-6-8-16-28(25)37-29-17-9-7-14-26(29)30;;/h6,8,12-13,15-16,20-21,34,38H,1-5,7,9-11,14,17-19,22H2,(H,35,37);2*1H. The highest BCUT2D eigenvalue weighted by Gasteiger charge is 2.17. The minimum Gasteiger partial charge on any atom is -0.505 e. The molecular formula is C32H41Cl3N4O. The third kappa shape index (κ3) is 7.91. The number of para-hydroxylation sites is 1. The van der Waals surface area contributed by atoms with Crippen molar-refractivity contribution in [2.75, 3.05) is 18.4 Å². The molecule has 3 N–H and O–H groups in total. The van der Waals surface area contributed by atoms with Crippen LogP contribution in [0.1, 0.15) is 74.6 Å². The van der Waals surface area contributed by atoms with Crippen LogP contribution in [0.2, 0.25) is 5.02 Å². The maximum atomic E-state index is 10.5. The molecule has 0 bridgehead atoms. The minimum atomic E-state index is 0. The van der Waals surface area contributed by atoms with Crippen LogP contribution in [-0.2, 0) is 19.4 Å². The topological polar surface area (TPSA) is 70.1 Å². The number of rotatable bonds is 13. The zero-order valence-electron chi connectivity index (χ0n) is 23.1. The summed E-state index contributed by atoms with van der Waals surface area (Å²) in [4.78, 5) is 9.23. The first kappa shape index (κ1) is 32.2. The number of nitrogens with zero attached hydrogens (tertiary/aromatic N) is 2. The van der Waals surface area contributed by atoms with Gasteiger partial charge in [-0.3, -0.25) is 9.97 Å². The van der Waals surface area contributed by atoms with Gasteiger partial charge in [0.15, 0.2) is 0 Å². The van der Waals surface area contributed by atoms with Crippen molar-refractivity contribution in [2.24, 2.45) is 0 Å². The largest absolute Gasteiger partial charge is 0.505 e. The molecule has 1 aliphatic rings. The zero-order chi connectivity index (χ0) is 26.2. The second-order valence-corrected chi connectivity index (χ2v) is 10.9. The Balaban J connectivity index is 0.00000220. The number of aromatic nitrogens is 2. The van der Waals surface area contributed by atoms with Gasteiger partial charge in [0.2, 0.25) is 0 Å². The molecule has 5 nitrogen and oxygen atoms in total. The number of nitrogens with one attached hydrogen (secondary N) is 2. The number of phenolic OH excluding ortho intramolecular Hbond substituents is 1. The molecule has 1 aliphatic carbocycles. The van der Waals surface area contributed by atoms with E-state index in [1.807, 2.05) is 18.2 Å². The monoisotopic (exact) mass is 602 g/mol. The van der Waals surface area contributed by atoms with Crippen molar-refractivity contribution in [3.05, 3.63) is 70.5 Å². The Hall–Kier alpha value is -2.31. The highest BCUT2D eigenvalue weighted by molar-refractivity contribution is 6.35. The van der Waals surface area contributed by atoms with Crippen LogP contribution in [-0.4, -0.2) is 28.2 Å². The normalized spacial score (nSPS) is 12.5. The van der Waals surface area contributed by atoms with Crippen LogP contribution in [0, 0.1) is 0 Å². The third-order valence-electron chi connectivity index (χ3n) is 7.71. The Morgan fingerprint density at radius 3 is 2.35 bits per heavy atom. The summed E-state index contributed by atoms with van der Waals surface area (Å²) >= 11 is 6.37. The summed E-state index contributed by atoms with van der Waals surface area (Å²) in [6, 6.07) is 14.1. The number of hydrogen-bond donors (Lipinski definition) is 3. The molecule has 0 saturated carbocycles. The molecule has 2 heterocycles. The van der Waals surface area contributed by atoms with Gasteiger partial charge in [-0.1, -0.05) is 61.9 Å².